The minimum absolute atomic E-state index is 0.0304. The molecule has 4 rings (SSSR count). The van der Waals surface area contributed by atoms with Gasteiger partial charge in [0.1, 0.15) is 17.3 Å². The number of carbonyl (C=O) groups excluding carboxylic acids is 2. The van der Waals surface area contributed by atoms with Crippen LogP contribution in [-0.2, 0) is 15.8 Å². The molecule has 1 N–H and O–H groups in total. The first-order valence-corrected chi connectivity index (χ1v) is 9.66. The summed E-state index contributed by atoms with van der Waals surface area (Å²) in [6, 6.07) is 15.3. The Morgan fingerprint density at radius 3 is 2.15 bits per heavy atom. The quantitative estimate of drug-likeness (QED) is 0.421. The first-order valence-electron chi connectivity index (χ1n) is 9.66. The number of halogens is 4. The molecular weight excluding hydrogens is 440 g/mol. The van der Waals surface area contributed by atoms with Crippen LogP contribution in [0.5, 0.6) is 5.75 Å². The third-order valence-electron chi connectivity index (χ3n) is 5.01. The van der Waals surface area contributed by atoms with Crippen LogP contribution in [0.15, 0.2) is 78.5 Å². The second kappa shape index (κ2) is 8.42. The molecule has 0 bridgehead atoms. The van der Waals surface area contributed by atoms with E-state index in [-0.39, 0.29) is 28.2 Å². The van der Waals surface area contributed by atoms with Crippen molar-refractivity contribution < 1.29 is 31.9 Å². The van der Waals surface area contributed by atoms with E-state index in [0.717, 1.165) is 29.2 Å². The van der Waals surface area contributed by atoms with Crippen molar-refractivity contribution in [1.82, 2.24) is 0 Å². The van der Waals surface area contributed by atoms with Gasteiger partial charge in [0.05, 0.1) is 23.9 Å². The predicted octanol–water partition coefficient (Wildman–Crippen LogP) is 5.25. The van der Waals surface area contributed by atoms with E-state index < -0.39 is 29.4 Å². The first kappa shape index (κ1) is 22.1. The summed E-state index contributed by atoms with van der Waals surface area (Å²) >= 11 is 0. The standard InChI is InChI=1S/C24H16F4N2O3/c1-33-19-11-9-18(10-12-19)30-22(31)20(14-5-7-16(25)8-6-14)21(23(30)32)29-17-4-2-3-15(13-17)24(26,27)28/h2-13,29H,1H3. The highest BCUT2D eigenvalue weighted by atomic mass is 19.4. The van der Waals surface area contributed by atoms with Crippen LogP contribution >= 0.6 is 0 Å². The number of rotatable bonds is 5. The normalized spacial score (nSPS) is 14.2. The highest BCUT2D eigenvalue weighted by molar-refractivity contribution is 6.46. The summed E-state index contributed by atoms with van der Waals surface area (Å²) in [6.45, 7) is 0. The number of hydrogen-bond donors (Lipinski definition) is 1. The molecule has 0 unspecified atom stereocenters. The summed E-state index contributed by atoms with van der Waals surface area (Å²) in [4.78, 5) is 27.4. The Hall–Kier alpha value is -4.14. The molecule has 0 aliphatic carbocycles. The van der Waals surface area contributed by atoms with Gasteiger partial charge in [-0.3, -0.25) is 9.59 Å². The maximum absolute atomic E-state index is 13.4. The third-order valence-corrected chi connectivity index (χ3v) is 5.01. The van der Waals surface area contributed by atoms with Crippen molar-refractivity contribution in [3.05, 3.63) is 95.4 Å². The molecule has 0 atom stereocenters. The van der Waals surface area contributed by atoms with Gasteiger partial charge in [0.15, 0.2) is 0 Å². The summed E-state index contributed by atoms with van der Waals surface area (Å²) in [7, 11) is 1.46. The van der Waals surface area contributed by atoms with E-state index in [1.165, 1.54) is 43.5 Å². The lowest BCUT2D eigenvalue weighted by atomic mass is 10.0. The van der Waals surface area contributed by atoms with Gasteiger partial charge in [0.25, 0.3) is 11.8 Å². The molecule has 2 amide bonds. The largest absolute Gasteiger partial charge is 0.497 e. The van der Waals surface area contributed by atoms with Crippen LogP contribution in [0.25, 0.3) is 5.57 Å². The summed E-state index contributed by atoms with van der Waals surface area (Å²) in [6.07, 6.45) is -4.59. The summed E-state index contributed by atoms with van der Waals surface area (Å²) in [5.74, 6) is -1.50. The SMILES string of the molecule is COc1ccc(N2C(=O)C(Nc3cccc(C(F)(F)F)c3)=C(c3ccc(F)cc3)C2=O)cc1. The second-order valence-electron chi connectivity index (χ2n) is 7.10. The lowest BCUT2D eigenvalue weighted by Gasteiger charge is -2.16. The van der Waals surface area contributed by atoms with Gasteiger partial charge in [-0.1, -0.05) is 18.2 Å². The Labute approximate surface area is 185 Å². The van der Waals surface area contributed by atoms with Crippen LogP contribution in [-0.4, -0.2) is 18.9 Å². The Balaban J connectivity index is 1.79. The molecular formula is C24H16F4N2O3. The van der Waals surface area contributed by atoms with Crippen LogP contribution in [0.4, 0.5) is 28.9 Å². The molecule has 0 radical (unpaired) electrons. The lowest BCUT2D eigenvalue weighted by Crippen LogP contribution is -2.32. The van der Waals surface area contributed by atoms with Gasteiger partial charge in [0, 0.05) is 5.69 Å². The van der Waals surface area contributed by atoms with E-state index in [9.17, 15) is 27.2 Å². The van der Waals surface area contributed by atoms with Gasteiger partial charge in [-0.05, 0) is 60.2 Å². The lowest BCUT2D eigenvalue weighted by molar-refractivity contribution is -0.137. The fraction of sp³-hybridized carbons (Fsp3) is 0.0833. The van der Waals surface area contributed by atoms with E-state index in [1.807, 2.05) is 0 Å². The number of nitrogens with zero attached hydrogens (tertiary/aromatic N) is 1. The van der Waals surface area contributed by atoms with Crippen molar-refractivity contribution in [3.8, 4) is 5.75 Å². The predicted molar refractivity (Wildman–Crippen MR) is 114 cm³/mol. The average molecular weight is 456 g/mol. The van der Waals surface area contributed by atoms with Gasteiger partial charge in [-0.15, -0.1) is 0 Å². The van der Waals surface area contributed by atoms with E-state index in [2.05, 4.69) is 5.32 Å². The molecule has 3 aromatic carbocycles. The zero-order valence-electron chi connectivity index (χ0n) is 17.1. The molecule has 0 saturated carbocycles. The van der Waals surface area contributed by atoms with Crippen molar-refractivity contribution in [2.75, 3.05) is 17.3 Å². The highest BCUT2D eigenvalue weighted by Gasteiger charge is 2.40. The van der Waals surface area contributed by atoms with E-state index in [1.54, 1.807) is 12.1 Å². The van der Waals surface area contributed by atoms with Crippen molar-refractivity contribution >= 4 is 28.8 Å². The maximum Gasteiger partial charge on any atom is 0.416 e. The Kier molecular flexibility index (Phi) is 5.63. The number of anilines is 2. The zero-order chi connectivity index (χ0) is 23.8. The first-order chi connectivity index (χ1) is 15.7. The number of imide groups is 1. The number of methoxy groups -OCH3 is 1. The topological polar surface area (TPSA) is 58.6 Å². The summed E-state index contributed by atoms with van der Waals surface area (Å²) < 4.78 is 57.9. The molecule has 0 fully saturated rings. The zero-order valence-corrected chi connectivity index (χ0v) is 17.1. The van der Waals surface area contributed by atoms with E-state index in [0.29, 0.717) is 5.75 Å². The monoisotopic (exact) mass is 456 g/mol. The van der Waals surface area contributed by atoms with Crippen molar-refractivity contribution in [2.45, 2.75) is 6.18 Å². The maximum atomic E-state index is 13.4. The number of hydrogen-bond acceptors (Lipinski definition) is 4. The molecule has 3 aromatic rings. The van der Waals surface area contributed by atoms with Crippen LogP contribution < -0.4 is 15.0 Å². The number of benzene rings is 3. The molecule has 168 valence electrons. The highest BCUT2D eigenvalue weighted by Crippen LogP contribution is 2.36. The number of alkyl halides is 3. The Morgan fingerprint density at radius 1 is 0.879 bits per heavy atom. The van der Waals surface area contributed by atoms with Crippen molar-refractivity contribution in [3.63, 3.8) is 0 Å². The smallest absolute Gasteiger partial charge is 0.416 e. The molecule has 0 saturated heterocycles. The Bertz CT molecular complexity index is 1250. The molecule has 0 spiro atoms. The fourth-order valence-electron chi connectivity index (χ4n) is 3.41. The number of ether oxygens (including phenoxy) is 1. The average Bonchev–Trinajstić information content (AvgIpc) is 3.03. The van der Waals surface area contributed by atoms with Gasteiger partial charge >= 0.3 is 6.18 Å². The van der Waals surface area contributed by atoms with Crippen LogP contribution in [0, 0.1) is 5.82 Å². The number of amides is 2. The summed E-state index contributed by atoms with van der Waals surface area (Å²) in [5, 5.41) is 2.67. The second-order valence-corrected chi connectivity index (χ2v) is 7.10. The molecule has 0 aromatic heterocycles. The van der Waals surface area contributed by atoms with Crippen molar-refractivity contribution in [2.24, 2.45) is 0 Å². The minimum Gasteiger partial charge on any atom is -0.497 e. The number of carbonyl (C=O) groups is 2. The molecule has 1 aliphatic heterocycles. The number of nitrogens with one attached hydrogen (secondary N) is 1. The van der Waals surface area contributed by atoms with Crippen molar-refractivity contribution in [1.29, 1.82) is 0 Å². The third kappa shape index (κ3) is 4.30. The van der Waals surface area contributed by atoms with Gasteiger partial charge < -0.3 is 10.1 Å². The molecule has 1 aliphatic rings. The fourth-order valence-corrected chi connectivity index (χ4v) is 3.41. The molecule has 33 heavy (non-hydrogen) atoms. The minimum atomic E-state index is -4.59. The molecule has 1 heterocycles. The van der Waals surface area contributed by atoms with Gasteiger partial charge in [-0.2, -0.15) is 13.2 Å². The van der Waals surface area contributed by atoms with Crippen LogP contribution in [0.3, 0.4) is 0 Å². The van der Waals surface area contributed by atoms with E-state index >= 15 is 0 Å². The van der Waals surface area contributed by atoms with Crippen LogP contribution in [0.1, 0.15) is 11.1 Å². The molecule has 5 nitrogen and oxygen atoms in total. The van der Waals surface area contributed by atoms with Gasteiger partial charge in [-0.25, -0.2) is 9.29 Å². The van der Waals surface area contributed by atoms with Gasteiger partial charge in [0.2, 0.25) is 0 Å². The molecule has 9 heteroatoms. The van der Waals surface area contributed by atoms with E-state index in [4.69, 9.17) is 4.74 Å². The Morgan fingerprint density at radius 2 is 1.55 bits per heavy atom. The summed E-state index contributed by atoms with van der Waals surface area (Å²) in [5.41, 5.74) is -0.779. The van der Waals surface area contributed by atoms with Crippen LogP contribution in [0.2, 0.25) is 0 Å².